The van der Waals surface area contributed by atoms with Gasteiger partial charge in [0.15, 0.2) is 0 Å². The van der Waals surface area contributed by atoms with E-state index in [9.17, 15) is 4.79 Å². The fourth-order valence-corrected chi connectivity index (χ4v) is 2.97. The molecule has 3 rings (SSSR count). The van der Waals surface area contributed by atoms with Gasteiger partial charge in [0.25, 0.3) is 0 Å². The Morgan fingerprint density at radius 1 is 1.38 bits per heavy atom. The van der Waals surface area contributed by atoms with Gasteiger partial charge in [0.2, 0.25) is 5.91 Å². The van der Waals surface area contributed by atoms with Crippen molar-refractivity contribution in [2.75, 3.05) is 6.54 Å². The molecule has 0 spiro atoms. The van der Waals surface area contributed by atoms with E-state index in [-0.39, 0.29) is 17.7 Å². The third-order valence-corrected chi connectivity index (χ3v) is 4.10. The lowest BCUT2D eigenvalue weighted by Crippen LogP contribution is -2.40. The first-order chi connectivity index (χ1) is 10.2. The maximum Gasteiger partial charge on any atom is 0.230 e. The van der Waals surface area contributed by atoms with Gasteiger partial charge in [-0.05, 0) is 29.5 Å². The monoisotopic (exact) mass is 284 g/mol. The number of H-pyrrole nitrogens is 1. The van der Waals surface area contributed by atoms with Crippen molar-refractivity contribution in [3.8, 4) is 0 Å². The molecule has 0 aliphatic carbocycles. The molecule has 2 aromatic heterocycles. The van der Waals surface area contributed by atoms with Crippen molar-refractivity contribution in [3.05, 3.63) is 47.5 Å². The lowest BCUT2D eigenvalue weighted by Gasteiger charge is -2.31. The molecule has 0 aromatic carbocycles. The van der Waals surface area contributed by atoms with Gasteiger partial charge in [-0.15, -0.1) is 0 Å². The Kier molecular flexibility index (Phi) is 3.73. The minimum atomic E-state index is -0.136. The molecule has 1 atom stereocenters. The molecule has 110 valence electrons. The van der Waals surface area contributed by atoms with E-state index in [1.165, 1.54) is 5.56 Å². The molecule has 0 bridgehead atoms. The Bertz CT molecular complexity index is 620. The number of rotatable bonds is 3. The summed E-state index contributed by atoms with van der Waals surface area (Å²) in [5, 5.41) is 7.06. The predicted octanol–water partition coefficient (Wildman–Crippen LogP) is 2.13. The third kappa shape index (κ3) is 2.68. The highest BCUT2D eigenvalue weighted by Crippen LogP contribution is 2.28. The van der Waals surface area contributed by atoms with Crippen LogP contribution in [0.5, 0.6) is 0 Å². The molecule has 5 nitrogen and oxygen atoms in total. The Labute approximate surface area is 124 Å². The summed E-state index contributed by atoms with van der Waals surface area (Å²) in [4.78, 5) is 19.0. The van der Waals surface area contributed by atoms with Crippen LogP contribution in [0.15, 0.2) is 30.7 Å². The molecule has 1 aliphatic heterocycles. The molecule has 0 radical (unpaired) electrons. The van der Waals surface area contributed by atoms with Crippen molar-refractivity contribution in [2.24, 2.45) is 5.92 Å². The summed E-state index contributed by atoms with van der Waals surface area (Å²) >= 11 is 0. The number of nitrogens with one attached hydrogen (secondary N) is 1. The van der Waals surface area contributed by atoms with Gasteiger partial charge in [-0.25, -0.2) is 0 Å². The Hall–Kier alpha value is -2.17. The van der Waals surface area contributed by atoms with Gasteiger partial charge >= 0.3 is 0 Å². The highest BCUT2D eigenvalue weighted by atomic mass is 16.2. The topological polar surface area (TPSA) is 61.9 Å². The van der Waals surface area contributed by atoms with E-state index in [1.807, 2.05) is 23.2 Å². The second-order valence-electron chi connectivity index (χ2n) is 5.89. The molecule has 0 fully saturated rings. The average molecular weight is 284 g/mol. The molecule has 1 N–H and O–H groups in total. The summed E-state index contributed by atoms with van der Waals surface area (Å²) in [6.07, 6.45) is 6.27. The van der Waals surface area contributed by atoms with Crippen LogP contribution in [0.1, 0.15) is 36.6 Å². The number of nitrogens with zero attached hydrogens (tertiary/aromatic N) is 3. The lowest BCUT2D eigenvalue weighted by molar-refractivity contribution is -0.134. The largest absolute Gasteiger partial charge is 0.336 e. The number of carbonyl (C=O) groups is 1. The van der Waals surface area contributed by atoms with E-state index in [2.05, 4.69) is 29.0 Å². The van der Waals surface area contributed by atoms with Crippen LogP contribution in [0.3, 0.4) is 0 Å². The van der Waals surface area contributed by atoms with E-state index in [0.717, 1.165) is 24.2 Å². The van der Waals surface area contributed by atoms with Crippen LogP contribution in [-0.4, -0.2) is 32.5 Å². The van der Waals surface area contributed by atoms with E-state index >= 15 is 0 Å². The molecule has 1 unspecified atom stereocenters. The first kappa shape index (κ1) is 13.8. The SMILES string of the molecule is CC(C)C(C(=O)N1CCc2cn[nH]c2C1)c1cccnc1. The second kappa shape index (κ2) is 5.68. The zero-order valence-electron chi connectivity index (χ0n) is 12.4. The second-order valence-corrected chi connectivity index (χ2v) is 5.89. The molecule has 2 aromatic rings. The number of aromatic nitrogens is 3. The van der Waals surface area contributed by atoms with Crippen molar-refractivity contribution in [3.63, 3.8) is 0 Å². The predicted molar refractivity (Wildman–Crippen MR) is 79.5 cm³/mol. The molecule has 21 heavy (non-hydrogen) atoms. The maximum atomic E-state index is 12.9. The molecule has 0 saturated heterocycles. The summed E-state index contributed by atoms with van der Waals surface area (Å²) in [6.45, 7) is 5.55. The summed E-state index contributed by atoms with van der Waals surface area (Å²) in [7, 11) is 0. The van der Waals surface area contributed by atoms with Crippen LogP contribution in [-0.2, 0) is 17.8 Å². The van der Waals surface area contributed by atoms with Gasteiger partial charge in [-0.1, -0.05) is 19.9 Å². The number of pyridine rings is 1. The maximum absolute atomic E-state index is 12.9. The summed E-state index contributed by atoms with van der Waals surface area (Å²) in [6, 6.07) is 3.88. The van der Waals surface area contributed by atoms with Crippen LogP contribution in [0.4, 0.5) is 0 Å². The number of hydrogen-bond acceptors (Lipinski definition) is 3. The van der Waals surface area contributed by atoms with Gasteiger partial charge < -0.3 is 4.90 Å². The molecule has 3 heterocycles. The minimum Gasteiger partial charge on any atom is -0.336 e. The quantitative estimate of drug-likeness (QED) is 0.939. The molecule has 1 aliphatic rings. The van der Waals surface area contributed by atoms with Crippen molar-refractivity contribution < 1.29 is 4.79 Å². The Morgan fingerprint density at radius 3 is 2.95 bits per heavy atom. The lowest BCUT2D eigenvalue weighted by atomic mass is 9.87. The number of fused-ring (bicyclic) bond motifs is 1. The smallest absolute Gasteiger partial charge is 0.230 e. The number of carbonyl (C=O) groups excluding carboxylic acids is 1. The van der Waals surface area contributed by atoms with E-state index < -0.39 is 0 Å². The van der Waals surface area contributed by atoms with Gasteiger partial charge in [0, 0.05) is 18.9 Å². The van der Waals surface area contributed by atoms with Gasteiger partial charge in [-0.3, -0.25) is 14.9 Å². The Morgan fingerprint density at radius 2 is 2.24 bits per heavy atom. The van der Waals surface area contributed by atoms with Crippen LogP contribution < -0.4 is 0 Å². The first-order valence-electron chi connectivity index (χ1n) is 7.36. The van der Waals surface area contributed by atoms with Crippen LogP contribution in [0, 0.1) is 5.92 Å². The highest BCUT2D eigenvalue weighted by Gasteiger charge is 2.31. The zero-order chi connectivity index (χ0) is 14.8. The zero-order valence-corrected chi connectivity index (χ0v) is 12.4. The fourth-order valence-electron chi connectivity index (χ4n) is 2.97. The van der Waals surface area contributed by atoms with Gasteiger partial charge in [-0.2, -0.15) is 5.10 Å². The molecule has 0 saturated carbocycles. The van der Waals surface area contributed by atoms with Crippen molar-refractivity contribution >= 4 is 5.91 Å². The van der Waals surface area contributed by atoms with Gasteiger partial charge in [0.1, 0.15) is 0 Å². The van der Waals surface area contributed by atoms with Crippen molar-refractivity contribution in [1.29, 1.82) is 0 Å². The first-order valence-corrected chi connectivity index (χ1v) is 7.36. The van der Waals surface area contributed by atoms with Crippen LogP contribution in [0.2, 0.25) is 0 Å². The number of amides is 1. The van der Waals surface area contributed by atoms with E-state index in [0.29, 0.717) is 6.54 Å². The van der Waals surface area contributed by atoms with Crippen LogP contribution >= 0.6 is 0 Å². The van der Waals surface area contributed by atoms with Crippen LogP contribution in [0.25, 0.3) is 0 Å². The normalized spacial score (nSPS) is 15.9. The molecular weight excluding hydrogens is 264 g/mol. The summed E-state index contributed by atoms with van der Waals surface area (Å²) in [5.41, 5.74) is 3.28. The van der Waals surface area contributed by atoms with Crippen molar-refractivity contribution in [1.82, 2.24) is 20.1 Å². The summed E-state index contributed by atoms with van der Waals surface area (Å²) in [5.74, 6) is 0.284. The summed E-state index contributed by atoms with van der Waals surface area (Å²) < 4.78 is 0. The highest BCUT2D eigenvalue weighted by molar-refractivity contribution is 5.84. The van der Waals surface area contributed by atoms with E-state index in [1.54, 1.807) is 12.4 Å². The molecule has 5 heteroatoms. The average Bonchev–Trinajstić information content (AvgIpc) is 2.95. The number of aromatic amines is 1. The standard InChI is InChI=1S/C16H20N4O/c1-11(2)15(13-4-3-6-17-8-13)16(21)20-7-5-12-9-18-19-14(12)10-20/h3-4,6,8-9,11,15H,5,7,10H2,1-2H3,(H,18,19). The molecule has 1 amide bonds. The number of hydrogen-bond donors (Lipinski definition) is 1. The van der Waals surface area contributed by atoms with Crippen molar-refractivity contribution in [2.45, 2.75) is 32.7 Å². The van der Waals surface area contributed by atoms with E-state index in [4.69, 9.17) is 0 Å². The molecular formula is C16H20N4O. The van der Waals surface area contributed by atoms with Gasteiger partial charge in [0.05, 0.1) is 24.4 Å². The third-order valence-electron chi connectivity index (χ3n) is 4.10. The Balaban J connectivity index is 1.83. The fraction of sp³-hybridized carbons (Fsp3) is 0.438. The minimum absolute atomic E-state index is 0.136.